The first-order chi connectivity index (χ1) is 13.3. The Morgan fingerprint density at radius 2 is 1.97 bits per heavy atom. The van der Waals surface area contributed by atoms with Crippen molar-refractivity contribution in [1.29, 1.82) is 0 Å². The third-order valence-corrected chi connectivity index (χ3v) is 4.96. The molecule has 0 spiro atoms. The van der Waals surface area contributed by atoms with Gasteiger partial charge >= 0.3 is 0 Å². The van der Waals surface area contributed by atoms with Crippen molar-refractivity contribution in [3.05, 3.63) is 29.3 Å². The number of anilines is 1. The summed E-state index contributed by atoms with van der Waals surface area (Å²) in [6.07, 6.45) is 5.06. The highest BCUT2D eigenvalue weighted by atomic mass is 79.9. The van der Waals surface area contributed by atoms with Gasteiger partial charge in [0.2, 0.25) is 11.8 Å². The monoisotopic (exact) mass is 486 g/mol. The van der Waals surface area contributed by atoms with E-state index in [-0.39, 0.29) is 52.2 Å². The molecule has 0 saturated carbocycles. The van der Waals surface area contributed by atoms with E-state index in [4.69, 9.17) is 11.5 Å². The van der Waals surface area contributed by atoms with E-state index in [0.717, 1.165) is 11.3 Å². The quantitative estimate of drug-likeness (QED) is 0.121. The molecule has 0 fully saturated rings. The number of nitrogens with two attached hydrogens (primary N) is 2. The highest BCUT2D eigenvalue weighted by Crippen LogP contribution is 2.19. The van der Waals surface area contributed by atoms with E-state index >= 15 is 0 Å². The summed E-state index contributed by atoms with van der Waals surface area (Å²) in [6, 6.07) is 4.52. The molecule has 0 aromatic heterocycles. The van der Waals surface area contributed by atoms with Crippen LogP contribution in [0.4, 0.5) is 5.69 Å². The minimum absolute atomic E-state index is 0. The minimum atomic E-state index is -0.753. The van der Waals surface area contributed by atoms with Crippen LogP contribution in [0.5, 0.6) is 0 Å². The standard InChI is InChI=1S/C18H26N6O3S.BrH/c1-28(2)10-11-5-6-12-8-13(11)16(26)22-9-15(25)24-14(17(27)23-12)4-3-7-21-18(19)20;/h5-6,8,14H,3-4,7,9-10H2,1-2H3,(H6-,19,20,21,22,23,24,25,26,27);1H. The molecule has 0 radical (unpaired) electrons. The number of hydrogen-bond acceptors (Lipinski definition) is 4. The maximum atomic E-state index is 12.7. The first kappa shape index (κ1) is 24.8. The Bertz CT molecular complexity index is 783. The SMILES string of the molecule is C[S+](C)Cc1ccc2cc1C(=O)NCC(=O)NC(CCCN=C(N)N)C(=O)N2.[Br-]. The molecule has 1 aliphatic rings. The molecule has 9 nitrogen and oxygen atoms in total. The number of carbonyl (C=O) groups excluding carboxylic acids is 3. The van der Waals surface area contributed by atoms with Crippen LogP contribution in [0.2, 0.25) is 0 Å². The number of aliphatic imine (C=N–C) groups is 1. The molecule has 11 heteroatoms. The third kappa shape index (κ3) is 7.94. The zero-order valence-corrected chi connectivity index (χ0v) is 18.9. The number of fused-ring (bicyclic) bond motifs is 2. The fourth-order valence-electron chi connectivity index (χ4n) is 2.81. The highest BCUT2D eigenvalue weighted by Gasteiger charge is 2.24. The van der Waals surface area contributed by atoms with Crippen LogP contribution in [0.15, 0.2) is 23.2 Å². The Balaban J connectivity index is 0.00000420. The van der Waals surface area contributed by atoms with Crippen molar-refractivity contribution in [3.63, 3.8) is 0 Å². The summed E-state index contributed by atoms with van der Waals surface area (Å²) in [5, 5.41) is 8.07. The second-order valence-corrected chi connectivity index (χ2v) is 9.00. The van der Waals surface area contributed by atoms with Crippen molar-refractivity contribution in [2.45, 2.75) is 24.6 Å². The molecule has 3 amide bonds. The number of hydrogen-bond donors (Lipinski definition) is 5. The van der Waals surface area contributed by atoms with Gasteiger partial charge in [0.05, 0.1) is 19.1 Å². The number of nitrogens with one attached hydrogen (secondary N) is 3. The Morgan fingerprint density at radius 3 is 2.62 bits per heavy atom. The first-order valence-electron chi connectivity index (χ1n) is 8.87. The number of carbonyl (C=O) groups is 3. The number of halogens is 1. The van der Waals surface area contributed by atoms with Crippen molar-refractivity contribution in [3.8, 4) is 0 Å². The second kappa shape index (κ2) is 11.7. The predicted molar refractivity (Wildman–Crippen MR) is 112 cm³/mol. The lowest BCUT2D eigenvalue weighted by molar-refractivity contribution is -0.126. The average Bonchev–Trinajstić information content (AvgIpc) is 2.63. The number of guanidine groups is 1. The van der Waals surface area contributed by atoms with Crippen molar-refractivity contribution >= 4 is 40.3 Å². The summed E-state index contributed by atoms with van der Waals surface area (Å²) in [7, 11) is 0.0999. The van der Waals surface area contributed by atoms with Gasteiger partial charge < -0.3 is 44.4 Å². The van der Waals surface area contributed by atoms with Crippen molar-refractivity contribution in [2.24, 2.45) is 16.5 Å². The summed E-state index contributed by atoms with van der Waals surface area (Å²) >= 11 is 0. The van der Waals surface area contributed by atoms with Gasteiger partial charge in [-0.25, -0.2) is 0 Å². The molecule has 2 rings (SSSR count). The third-order valence-electron chi connectivity index (χ3n) is 4.07. The van der Waals surface area contributed by atoms with Crippen LogP contribution < -0.4 is 44.4 Å². The molecule has 1 aromatic rings. The summed E-state index contributed by atoms with van der Waals surface area (Å²) < 4.78 is 0. The van der Waals surface area contributed by atoms with Crippen LogP contribution in [0.3, 0.4) is 0 Å². The summed E-state index contributed by atoms with van der Waals surface area (Å²) in [4.78, 5) is 41.3. The maximum absolute atomic E-state index is 12.7. The van der Waals surface area contributed by atoms with Gasteiger partial charge in [0.25, 0.3) is 5.91 Å². The highest BCUT2D eigenvalue weighted by molar-refractivity contribution is 7.94. The maximum Gasteiger partial charge on any atom is 0.252 e. The van der Waals surface area contributed by atoms with Gasteiger partial charge in [0.1, 0.15) is 11.8 Å². The normalized spacial score (nSPS) is 16.7. The van der Waals surface area contributed by atoms with E-state index in [9.17, 15) is 14.4 Å². The van der Waals surface area contributed by atoms with E-state index in [0.29, 0.717) is 30.6 Å². The lowest BCUT2D eigenvalue weighted by Crippen LogP contribution is -3.00. The van der Waals surface area contributed by atoms with E-state index in [2.05, 4.69) is 33.5 Å². The fraction of sp³-hybridized carbons (Fsp3) is 0.444. The molecular formula is C18H27BrN6O3S. The van der Waals surface area contributed by atoms with Gasteiger partial charge in [0.15, 0.2) is 5.96 Å². The van der Waals surface area contributed by atoms with E-state index < -0.39 is 11.9 Å². The van der Waals surface area contributed by atoms with Crippen LogP contribution >= 0.6 is 0 Å². The number of amides is 3. The molecule has 29 heavy (non-hydrogen) atoms. The Labute approximate surface area is 183 Å². The van der Waals surface area contributed by atoms with E-state index in [1.165, 1.54) is 0 Å². The molecular weight excluding hydrogens is 460 g/mol. The van der Waals surface area contributed by atoms with Crippen molar-refractivity contribution in [2.75, 3.05) is 30.9 Å². The fourth-order valence-corrected chi connectivity index (χ4v) is 3.68. The number of benzene rings is 1. The first-order valence-corrected chi connectivity index (χ1v) is 11.1. The zero-order valence-electron chi connectivity index (χ0n) is 16.5. The van der Waals surface area contributed by atoms with Crippen LogP contribution in [0.1, 0.15) is 28.8 Å². The van der Waals surface area contributed by atoms with Gasteiger partial charge in [-0.3, -0.25) is 19.4 Å². The molecule has 1 atom stereocenters. The lowest BCUT2D eigenvalue weighted by atomic mass is 10.1. The smallest absolute Gasteiger partial charge is 0.252 e. The largest absolute Gasteiger partial charge is 1.00 e. The minimum Gasteiger partial charge on any atom is -1.00 e. The molecule has 1 aromatic carbocycles. The van der Waals surface area contributed by atoms with Crippen molar-refractivity contribution < 1.29 is 31.4 Å². The number of nitrogens with zero attached hydrogens (tertiary/aromatic N) is 1. The van der Waals surface area contributed by atoms with Gasteiger partial charge in [-0.05, 0) is 35.9 Å². The van der Waals surface area contributed by atoms with Gasteiger partial charge in [0, 0.05) is 23.4 Å². The molecule has 1 heterocycles. The molecule has 0 aliphatic carbocycles. The second-order valence-electron chi connectivity index (χ2n) is 6.74. The van der Waals surface area contributed by atoms with Crippen LogP contribution in [0, 0.1) is 0 Å². The lowest BCUT2D eigenvalue weighted by Gasteiger charge is -2.18. The Hall–Kier alpha value is -2.27. The number of rotatable bonds is 6. The summed E-state index contributed by atoms with van der Waals surface area (Å²) in [6.45, 7) is 0.150. The van der Waals surface area contributed by atoms with Gasteiger partial charge in [-0.1, -0.05) is 6.07 Å². The topological polar surface area (TPSA) is 152 Å². The molecule has 7 N–H and O–H groups in total. The van der Waals surface area contributed by atoms with Crippen LogP contribution in [-0.4, -0.2) is 55.3 Å². The zero-order chi connectivity index (χ0) is 20.7. The molecule has 160 valence electrons. The summed E-state index contributed by atoms with van der Waals surface area (Å²) in [5.41, 5.74) is 12.5. The average molecular weight is 487 g/mol. The van der Waals surface area contributed by atoms with Crippen molar-refractivity contribution in [1.82, 2.24) is 10.6 Å². The van der Waals surface area contributed by atoms with Gasteiger partial charge in [-0.2, -0.15) is 0 Å². The van der Waals surface area contributed by atoms with Crippen LogP contribution in [-0.2, 0) is 26.2 Å². The molecule has 0 saturated heterocycles. The molecule has 1 unspecified atom stereocenters. The van der Waals surface area contributed by atoms with Crippen LogP contribution in [0.25, 0.3) is 0 Å². The Kier molecular flexibility index (Phi) is 9.96. The molecule has 1 aliphatic heterocycles. The summed E-state index contributed by atoms with van der Waals surface area (Å²) in [5.74, 6) is -0.392. The van der Waals surface area contributed by atoms with E-state index in [1.54, 1.807) is 12.1 Å². The predicted octanol–water partition coefficient (Wildman–Crippen LogP) is -3.71. The Morgan fingerprint density at radius 1 is 1.24 bits per heavy atom. The van der Waals surface area contributed by atoms with E-state index in [1.807, 2.05) is 6.07 Å². The molecule has 2 bridgehead atoms. The van der Waals surface area contributed by atoms with Gasteiger partial charge in [-0.15, -0.1) is 0 Å².